The van der Waals surface area contributed by atoms with Gasteiger partial charge < -0.3 is 25.0 Å². The summed E-state index contributed by atoms with van der Waals surface area (Å²) in [6, 6.07) is 14.6. The van der Waals surface area contributed by atoms with Crippen molar-refractivity contribution < 1.29 is 19.1 Å². The van der Waals surface area contributed by atoms with E-state index < -0.39 is 0 Å². The lowest BCUT2D eigenvalue weighted by Crippen LogP contribution is -2.37. The predicted octanol–water partition coefficient (Wildman–Crippen LogP) is 4.02. The molecule has 3 rings (SSSR count). The number of ether oxygens (including phenoxy) is 2. The summed E-state index contributed by atoms with van der Waals surface area (Å²) in [4.78, 5) is 26.9. The van der Waals surface area contributed by atoms with E-state index in [2.05, 4.69) is 17.6 Å². The summed E-state index contributed by atoms with van der Waals surface area (Å²) in [6.45, 7) is 7.57. The van der Waals surface area contributed by atoms with Gasteiger partial charge in [0, 0.05) is 42.7 Å². The quantitative estimate of drug-likeness (QED) is 0.547. The number of amides is 2. The van der Waals surface area contributed by atoms with Crippen LogP contribution in [0, 0.1) is 5.92 Å². The molecule has 1 aliphatic heterocycles. The third-order valence-electron chi connectivity index (χ3n) is 5.47. The zero-order valence-electron chi connectivity index (χ0n) is 18.9. The highest BCUT2D eigenvalue weighted by Crippen LogP contribution is 2.20. The highest BCUT2D eigenvalue weighted by atomic mass is 16.5. The van der Waals surface area contributed by atoms with Crippen molar-refractivity contribution in [3.8, 4) is 5.75 Å². The Hall–Kier alpha value is -3.06. The van der Waals surface area contributed by atoms with Gasteiger partial charge in [-0.2, -0.15) is 0 Å². The Morgan fingerprint density at radius 1 is 1.03 bits per heavy atom. The first-order valence-electron chi connectivity index (χ1n) is 11.3. The first kappa shape index (κ1) is 23.6. The SMILES string of the molecule is CCOCCOc1cccc(NC(=O)CNc2ccc(C(=O)N3CCC(C)CC3)cc2)c1. The van der Waals surface area contributed by atoms with Crippen molar-refractivity contribution in [1.82, 2.24) is 4.90 Å². The molecule has 7 heteroatoms. The van der Waals surface area contributed by atoms with E-state index in [-0.39, 0.29) is 18.4 Å². The van der Waals surface area contributed by atoms with E-state index in [0.29, 0.717) is 42.7 Å². The number of nitrogens with one attached hydrogen (secondary N) is 2. The summed E-state index contributed by atoms with van der Waals surface area (Å²) in [5.74, 6) is 1.27. The van der Waals surface area contributed by atoms with E-state index in [0.717, 1.165) is 31.6 Å². The van der Waals surface area contributed by atoms with E-state index in [1.54, 1.807) is 6.07 Å². The number of likely N-dealkylation sites (tertiary alicyclic amines) is 1. The number of rotatable bonds is 10. The summed E-state index contributed by atoms with van der Waals surface area (Å²) in [5.41, 5.74) is 2.13. The van der Waals surface area contributed by atoms with Crippen LogP contribution in [0.5, 0.6) is 5.75 Å². The van der Waals surface area contributed by atoms with Crippen molar-refractivity contribution in [2.45, 2.75) is 26.7 Å². The van der Waals surface area contributed by atoms with Crippen LogP contribution in [0.15, 0.2) is 48.5 Å². The summed E-state index contributed by atoms with van der Waals surface area (Å²) in [5, 5.41) is 5.95. The molecular formula is C25H33N3O4. The molecule has 2 amide bonds. The average molecular weight is 440 g/mol. The Bertz CT molecular complexity index is 877. The van der Waals surface area contributed by atoms with Gasteiger partial charge >= 0.3 is 0 Å². The Balaban J connectivity index is 1.44. The molecular weight excluding hydrogens is 406 g/mol. The molecule has 2 aromatic rings. The number of anilines is 2. The summed E-state index contributed by atoms with van der Waals surface area (Å²) >= 11 is 0. The molecule has 0 aliphatic carbocycles. The van der Waals surface area contributed by atoms with Gasteiger partial charge in [-0.05, 0) is 62.1 Å². The normalized spacial score (nSPS) is 14.1. The van der Waals surface area contributed by atoms with Crippen molar-refractivity contribution in [1.29, 1.82) is 0 Å². The number of carbonyl (C=O) groups is 2. The number of benzene rings is 2. The van der Waals surface area contributed by atoms with Gasteiger partial charge in [0.25, 0.3) is 5.91 Å². The lowest BCUT2D eigenvalue weighted by Gasteiger charge is -2.30. The van der Waals surface area contributed by atoms with Gasteiger partial charge in [-0.25, -0.2) is 0 Å². The molecule has 2 N–H and O–H groups in total. The van der Waals surface area contributed by atoms with Crippen LogP contribution in [0.25, 0.3) is 0 Å². The van der Waals surface area contributed by atoms with Crippen molar-refractivity contribution in [2.24, 2.45) is 5.92 Å². The minimum absolute atomic E-state index is 0.0737. The van der Waals surface area contributed by atoms with Gasteiger partial charge in [0.15, 0.2) is 0 Å². The minimum Gasteiger partial charge on any atom is -0.491 e. The van der Waals surface area contributed by atoms with Crippen LogP contribution >= 0.6 is 0 Å². The molecule has 1 heterocycles. The maximum atomic E-state index is 12.6. The molecule has 172 valence electrons. The van der Waals surface area contributed by atoms with E-state index in [9.17, 15) is 9.59 Å². The molecule has 0 radical (unpaired) electrons. The topological polar surface area (TPSA) is 79.9 Å². The molecule has 2 aromatic carbocycles. The number of piperidine rings is 1. The van der Waals surface area contributed by atoms with Crippen molar-refractivity contribution >= 4 is 23.2 Å². The maximum absolute atomic E-state index is 12.6. The molecule has 7 nitrogen and oxygen atoms in total. The highest BCUT2D eigenvalue weighted by Gasteiger charge is 2.21. The molecule has 1 saturated heterocycles. The van der Waals surface area contributed by atoms with Crippen LogP contribution in [0.4, 0.5) is 11.4 Å². The van der Waals surface area contributed by atoms with Gasteiger partial charge in [-0.3, -0.25) is 9.59 Å². The Labute approximate surface area is 190 Å². The van der Waals surface area contributed by atoms with Crippen molar-refractivity contribution in [2.75, 3.05) is 50.1 Å². The maximum Gasteiger partial charge on any atom is 0.253 e. The van der Waals surface area contributed by atoms with E-state index in [4.69, 9.17) is 9.47 Å². The monoisotopic (exact) mass is 439 g/mol. The lowest BCUT2D eigenvalue weighted by molar-refractivity contribution is -0.114. The van der Waals surface area contributed by atoms with Gasteiger partial charge in [0.2, 0.25) is 5.91 Å². The smallest absolute Gasteiger partial charge is 0.253 e. The van der Waals surface area contributed by atoms with Crippen LogP contribution in [-0.2, 0) is 9.53 Å². The van der Waals surface area contributed by atoms with Crippen LogP contribution < -0.4 is 15.4 Å². The molecule has 0 bridgehead atoms. The number of hydrogen-bond acceptors (Lipinski definition) is 5. The Morgan fingerprint density at radius 2 is 1.78 bits per heavy atom. The van der Waals surface area contributed by atoms with Crippen LogP contribution in [0.1, 0.15) is 37.0 Å². The number of hydrogen-bond donors (Lipinski definition) is 2. The van der Waals surface area contributed by atoms with E-state index in [1.165, 1.54) is 0 Å². The Kier molecular flexibility index (Phi) is 8.92. The minimum atomic E-state index is -0.168. The molecule has 32 heavy (non-hydrogen) atoms. The molecule has 0 spiro atoms. The molecule has 0 unspecified atom stereocenters. The standard InChI is InChI=1S/C25H33N3O4/c1-3-31-15-16-32-23-6-4-5-22(17-23)27-24(29)18-26-21-9-7-20(8-10-21)25(30)28-13-11-19(2)12-14-28/h4-10,17,19,26H,3,11-16,18H2,1-2H3,(H,27,29). The van der Waals surface area contributed by atoms with Crippen molar-refractivity contribution in [3.05, 3.63) is 54.1 Å². The molecule has 0 saturated carbocycles. The third-order valence-corrected chi connectivity index (χ3v) is 5.47. The summed E-state index contributed by atoms with van der Waals surface area (Å²) < 4.78 is 10.9. The molecule has 1 aliphatic rings. The fourth-order valence-electron chi connectivity index (χ4n) is 3.54. The summed E-state index contributed by atoms with van der Waals surface area (Å²) in [6.07, 6.45) is 2.12. The second-order valence-corrected chi connectivity index (χ2v) is 8.03. The number of nitrogens with zero attached hydrogens (tertiary/aromatic N) is 1. The van der Waals surface area contributed by atoms with Crippen molar-refractivity contribution in [3.63, 3.8) is 0 Å². The molecule has 0 aromatic heterocycles. The first-order chi connectivity index (χ1) is 15.5. The Morgan fingerprint density at radius 3 is 2.50 bits per heavy atom. The van der Waals surface area contributed by atoms with Crippen LogP contribution in [0.3, 0.4) is 0 Å². The number of carbonyl (C=O) groups excluding carboxylic acids is 2. The van der Waals surface area contributed by atoms with Crippen LogP contribution in [0.2, 0.25) is 0 Å². The first-order valence-corrected chi connectivity index (χ1v) is 11.3. The third kappa shape index (κ3) is 7.27. The van der Waals surface area contributed by atoms with Crippen LogP contribution in [-0.4, -0.2) is 56.2 Å². The predicted molar refractivity (Wildman–Crippen MR) is 126 cm³/mol. The molecule has 0 atom stereocenters. The van der Waals surface area contributed by atoms with Gasteiger partial charge in [0.1, 0.15) is 12.4 Å². The second kappa shape index (κ2) is 12.1. The zero-order valence-corrected chi connectivity index (χ0v) is 18.9. The zero-order chi connectivity index (χ0) is 22.8. The second-order valence-electron chi connectivity index (χ2n) is 8.03. The average Bonchev–Trinajstić information content (AvgIpc) is 2.81. The fourth-order valence-corrected chi connectivity index (χ4v) is 3.54. The summed E-state index contributed by atoms with van der Waals surface area (Å²) in [7, 11) is 0. The largest absolute Gasteiger partial charge is 0.491 e. The van der Waals surface area contributed by atoms with Gasteiger partial charge in [-0.1, -0.05) is 13.0 Å². The van der Waals surface area contributed by atoms with Gasteiger partial charge in [0.05, 0.1) is 13.2 Å². The molecule has 1 fully saturated rings. The fraction of sp³-hybridized carbons (Fsp3) is 0.440. The van der Waals surface area contributed by atoms with Gasteiger partial charge in [-0.15, -0.1) is 0 Å². The van der Waals surface area contributed by atoms with E-state index >= 15 is 0 Å². The highest BCUT2D eigenvalue weighted by molar-refractivity contribution is 5.95. The van der Waals surface area contributed by atoms with E-state index in [1.807, 2.05) is 54.3 Å². The lowest BCUT2D eigenvalue weighted by atomic mass is 9.98.